The van der Waals surface area contributed by atoms with E-state index in [1.807, 2.05) is 18.7 Å². The van der Waals surface area contributed by atoms with Crippen molar-refractivity contribution in [3.63, 3.8) is 0 Å². The summed E-state index contributed by atoms with van der Waals surface area (Å²) in [6, 6.07) is 3.06. The summed E-state index contributed by atoms with van der Waals surface area (Å²) < 4.78 is 0. The highest BCUT2D eigenvalue weighted by Gasteiger charge is 2.17. The van der Waals surface area contributed by atoms with Crippen molar-refractivity contribution >= 4 is 29.1 Å². The molecule has 1 aromatic rings. The van der Waals surface area contributed by atoms with Crippen molar-refractivity contribution in [2.75, 3.05) is 41.4 Å². The summed E-state index contributed by atoms with van der Waals surface area (Å²) in [5.41, 5.74) is 0.0989. The molecule has 0 amide bonds. The van der Waals surface area contributed by atoms with Gasteiger partial charge in [-0.2, -0.15) is 11.8 Å². The molecular formula is C12H18N4O2S. The zero-order valence-corrected chi connectivity index (χ0v) is 11.8. The van der Waals surface area contributed by atoms with E-state index in [2.05, 4.69) is 15.2 Å². The number of nitrogens with zero attached hydrogens (tertiary/aromatic N) is 3. The lowest BCUT2D eigenvalue weighted by atomic mass is 10.3. The quantitative estimate of drug-likeness (QED) is 0.660. The Morgan fingerprint density at radius 2 is 2.21 bits per heavy atom. The maximum Gasteiger partial charge on any atom is 0.276 e. The van der Waals surface area contributed by atoms with Gasteiger partial charge in [0.25, 0.3) is 5.69 Å². The van der Waals surface area contributed by atoms with E-state index in [0.29, 0.717) is 11.6 Å². The number of hydrogen-bond donors (Lipinski definition) is 1. The number of nitro groups is 1. The van der Waals surface area contributed by atoms with E-state index in [-0.39, 0.29) is 10.6 Å². The third-order valence-corrected chi connectivity index (χ3v) is 3.84. The summed E-state index contributed by atoms with van der Waals surface area (Å²) in [7, 11) is 0. The van der Waals surface area contributed by atoms with Gasteiger partial charge in [-0.1, -0.05) is 6.92 Å². The predicted octanol–water partition coefficient (Wildman–Crippen LogP) is 2.36. The molecule has 7 heteroatoms. The Hall–Kier alpha value is -1.50. The molecule has 2 rings (SSSR count). The maximum atomic E-state index is 11.0. The fraction of sp³-hybridized carbons (Fsp3) is 0.583. The molecule has 0 aromatic carbocycles. The average molecular weight is 282 g/mol. The van der Waals surface area contributed by atoms with Gasteiger partial charge in [0.2, 0.25) is 0 Å². The number of aromatic nitrogens is 1. The third-order valence-electron chi connectivity index (χ3n) is 2.90. The second-order valence-corrected chi connectivity index (χ2v) is 5.58. The molecule has 0 unspecified atom stereocenters. The number of nitrogens with one attached hydrogen (secondary N) is 1. The van der Waals surface area contributed by atoms with Gasteiger partial charge in [-0.3, -0.25) is 10.1 Å². The molecular weight excluding hydrogens is 264 g/mol. The maximum absolute atomic E-state index is 11.0. The van der Waals surface area contributed by atoms with Crippen molar-refractivity contribution in [3.05, 3.63) is 22.2 Å². The van der Waals surface area contributed by atoms with Crippen LogP contribution in [-0.4, -0.2) is 41.0 Å². The Bertz CT molecular complexity index is 449. The lowest BCUT2D eigenvalue weighted by Crippen LogP contribution is -2.33. The van der Waals surface area contributed by atoms with E-state index in [1.165, 1.54) is 6.07 Å². The molecule has 19 heavy (non-hydrogen) atoms. The molecule has 1 N–H and O–H groups in total. The van der Waals surface area contributed by atoms with Crippen LogP contribution in [-0.2, 0) is 0 Å². The summed E-state index contributed by atoms with van der Waals surface area (Å²) in [4.78, 5) is 17.2. The van der Waals surface area contributed by atoms with Gasteiger partial charge in [0.1, 0.15) is 11.6 Å². The molecule has 0 radical (unpaired) electrons. The normalized spacial score (nSPS) is 15.3. The zero-order chi connectivity index (χ0) is 13.7. The molecule has 104 valence electrons. The van der Waals surface area contributed by atoms with Gasteiger partial charge in [-0.25, -0.2) is 4.98 Å². The summed E-state index contributed by atoms with van der Waals surface area (Å²) in [5, 5.41) is 14.1. The van der Waals surface area contributed by atoms with Crippen LogP contribution >= 0.6 is 11.8 Å². The Kier molecular flexibility index (Phi) is 4.84. The standard InChI is InChI=1S/C12H18N4O2S/c1-2-3-13-11-8-10(16(17)18)9-12(14-11)15-4-6-19-7-5-15/h8-9H,2-7H2,1H3,(H,13,14). The Labute approximate surface area is 116 Å². The van der Waals surface area contributed by atoms with Crippen molar-refractivity contribution in [1.29, 1.82) is 0 Å². The Balaban J connectivity index is 2.24. The topological polar surface area (TPSA) is 71.3 Å². The highest BCUT2D eigenvalue weighted by Crippen LogP contribution is 2.25. The molecule has 1 saturated heterocycles. The fourth-order valence-electron chi connectivity index (χ4n) is 1.91. The van der Waals surface area contributed by atoms with Crippen LogP contribution in [0.4, 0.5) is 17.3 Å². The highest BCUT2D eigenvalue weighted by atomic mass is 32.2. The first-order chi connectivity index (χ1) is 9.20. The minimum absolute atomic E-state index is 0.0989. The SMILES string of the molecule is CCCNc1cc([N+](=O)[O-])cc(N2CCSCC2)n1. The van der Waals surface area contributed by atoms with Crippen LogP contribution in [0.5, 0.6) is 0 Å². The van der Waals surface area contributed by atoms with Crippen LogP contribution in [0.2, 0.25) is 0 Å². The monoisotopic (exact) mass is 282 g/mol. The second kappa shape index (κ2) is 6.60. The molecule has 6 nitrogen and oxygen atoms in total. The van der Waals surface area contributed by atoms with Gasteiger partial charge in [0.05, 0.1) is 17.1 Å². The molecule has 0 aliphatic carbocycles. The first-order valence-electron chi connectivity index (χ1n) is 6.43. The number of hydrogen-bond acceptors (Lipinski definition) is 6. The van der Waals surface area contributed by atoms with E-state index >= 15 is 0 Å². The van der Waals surface area contributed by atoms with Crippen LogP contribution in [0.15, 0.2) is 12.1 Å². The lowest BCUT2D eigenvalue weighted by molar-refractivity contribution is -0.384. The molecule has 1 fully saturated rings. The van der Waals surface area contributed by atoms with Crippen molar-refractivity contribution in [2.24, 2.45) is 0 Å². The van der Waals surface area contributed by atoms with E-state index < -0.39 is 0 Å². The highest BCUT2D eigenvalue weighted by molar-refractivity contribution is 7.99. The van der Waals surface area contributed by atoms with Crippen LogP contribution in [0, 0.1) is 10.1 Å². The molecule has 0 saturated carbocycles. The van der Waals surface area contributed by atoms with Crippen molar-refractivity contribution in [3.8, 4) is 0 Å². The smallest absolute Gasteiger partial charge is 0.276 e. The molecule has 2 heterocycles. The number of anilines is 2. The van der Waals surface area contributed by atoms with E-state index in [0.717, 1.165) is 37.6 Å². The third kappa shape index (κ3) is 3.73. The van der Waals surface area contributed by atoms with Crippen molar-refractivity contribution in [2.45, 2.75) is 13.3 Å². The summed E-state index contributed by atoms with van der Waals surface area (Å²) in [6.45, 7) is 4.61. The molecule has 1 aliphatic rings. The Morgan fingerprint density at radius 3 is 2.84 bits per heavy atom. The molecule has 1 aromatic heterocycles. The minimum Gasteiger partial charge on any atom is -0.370 e. The largest absolute Gasteiger partial charge is 0.370 e. The zero-order valence-electron chi connectivity index (χ0n) is 11.0. The van der Waals surface area contributed by atoms with Crippen LogP contribution in [0.1, 0.15) is 13.3 Å². The molecule has 1 aliphatic heterocycles. The summed E-state index contributed by atoms with van der Waals surface area (Å²) >= 11 is 1.90. The van der Waals surface area contributed by atoms with Gasteiger partial charge in [-0.05, 0) is 6.42 Å². The fourth-order valence-corrected chi connectivity index (χ4v) is 2.81. The predicted molar refractivity (Wildman–Crippen MR) is 79.2 cm³/mol. The van der Waals surface area contributed by atoms with Crippen molar-refractivity contribution < 1.29 is 4.92 Å². The van der Waals surface area contributed by atoms with Gasteiger partial charge in [-0.15, -0.1) is 0 Å². The van der Waals surface area contributed by atoms with E-state index in [1.54, 1.807) is 6.07 Å². The number of rotatable bonds is 5. The van der Waals surface area contributed by atoms with Crippen molar-refractivity contribution in [1.82, 2.24) is 4.98 Å². The molecule has 0 bridgehead atoms. The first-order valence-corrected chi connectivity index (χ1v) is 7.59. The first kappa shape index (κ1) is 13.9. The summed E-state index contributed by atoms with van der Waals surface area (Å²) in [5.74, 6) is 3.38. The van der Waals surface area contributed by atoms with Gasteiger partial charge < -0.3 is 10.2 Å². The number of pyridine rings is 1. The average Bonchev–Trinajstić information content (AvgIpc) is 2.45. The molecule has 0 atom stereocenters. The lowest BCUT2D eigenvalue weighted by Gasteiger charge is -2.27. The van der Waals surface area contributed by atoms with Gasteiger partial charge in [0.15, 0.2) is 0 Å². The van der Waals surface area contributed by atoms with Gasteiger partial charge >= 0.3 is 0 Å². The molecule has 0 spiro atoms. The van der Waals surface area contributed by atoms with Gasteiger partial charge in [0, 0.05) is 31.1 Å². The van der Waals surface area contributed by atoms with Crippen LogP contribution in [0.25, 0.3) is 0 Å². The van der Waals surface area contributed by atoms with E-state index in [4.69, 9.17) is 0 Å². The summed E-state index contributed by atoms with van der Waals surface area (Å²) in [6.07, 6.45) is 0.958. The minimum atomic E-state index is -0.360. The van der Waals surface area contributed by atoms with E-state index in [9.17, 15) is 10.1 Å². The van der Waals surface area contributed by atoms with Crippen LogP contribution < -0.4 is 10.2 Å². The second-order valence-electron chi connectivity index (χ2n) is 4.35. The number of thioether (sulfide) groups is 1. The van der Waals surface area contributed by atoms with Crippen LogP contribution in [0.3, 0.4) is 0 Å². The Morgan fingerprint density at radius 1 is 1.47 bits per heavy atom.